The van der Waals surface area contributed by atoms with E-state index in [-0.39, 0.29) is 18.3 Å². The molecule has 9 heteroatoms. The van der Waals surface area contributed by atoms with E-state index in [4.69, 9.17) is 16.3 Å². The van der Waals surface area contributed by atoms with Gasteiger partial charge >= 0.3 is 0 Å². The lowest BCUT2D eigenvalue weighted by Gasteiger charge is -2.32. The SMILES string of the molecule is CC(=O)C1=C(c2ccc(Cl)cc2)N(C(C)=O)n2c(COc3ccccc3)nnc2S1. The maximum atomic E-state index is 12.7. The zero-order chi connectivity index (χ0) is 21.3. The summed E-state index contributed by atoms with van der Waals surface area (Å²) in [5.41, 5.74) is 1.14. The van der Waals surface area contributed by atoms with Crippen LogP contribution in [0.1, 0.15) is 25.2 Å². The van der Waals surface area contributed by atoms with Gasteiger partial charge in [0.15, 0.2) is 11.6 Å². The summed E-state index contributed by atoms with van der Waals surface area (Å²) in [4.78, 5) is 25.6. The van der Waals surface area contributed by atoms with Gasteiger partial charge in [-0.15, -0.1) is 10.2 Å². The highest BCUT2D eigenvalue weighted by molar-refractivity contribution is 8.04. The van der Waals surface area contributed by atoms with E-state index in [1.165, 1.54) is 30.6 Å². The first-order chi connectivity index (χ1) is 14.5. The van der Waals surface area contributed by atoms with Gasteiger partial charge in [-0.1, -0.05) is 41.9 Å². The summed E-state index contributed by atoms with van der Waals surface area (Å²) in [5, 5.41) is 10.8. The fraction of sp³-hybridized carbons (Fsp3) is 0.143. The number of hydrogen-bond donors (Lipinski definition) is 0. The second kappa shape index (κ2) is 8.33. The van der Waals surface area contributed by atoms with Gasteiger partial charge in [0.25, 0.3) is 0 Å². The number of Topliss-reactive ketones (excluding diaryl/α,β-unsaturated/α-hetero) is 1. The number of thioether (sulfide) groups is 1. The van der Waals surface area contributed by atoms with Crippen molar-refractivity contribution in [1.82, 2.24) is 14.9 Å². The molecule has 30 heavy (non-hydrogen) atoms. The van der Waals surface area contributed by atoms with Crippen LogP contribution in [0.25, 0.3) is 5.70 Å². The highest BCUT2D eigenvalue weighted by atomic mass is 35.5. The molecule has 4 rings (SSSR count). The number of hydrogen-bond acceptors (Lipinski definition) is 6. The number of benzene rings is 2. The third kappa shape index (κ3) is 3.83. The number of fused-ring (bicyclic) bond motifs is 1. The predicted molar refractivity (Wildman–Crippen MR) is 115 cm³/mol. The molecule has 0 aliphatic carbocycles. The molecule has 1 aromatic heterocycles. The molecule has 0 bridgehead atoms. The average molecular weight is 441 g/mol. The minimum Gasteiger partial charge on any atom is -0.486 e. The van der Waals surface area contributed by atoms with Gasteiger partial charge in [0, 0.05) is 17.5 Å². The van der Waals surface area contributed by atoms with E-state index < -0.39 is 0 Å². The van der Waals surface area contributed by atoms with E-state index in [2.05, 4.69) is 10.2 Å². The van der Waals surface area contributed by atoms with Crippen molar-refractivity contribution < 1.29 is 14.3 Å². The number of carbonyl (C=O) groups is 2. The van der Waals surface area contributed by atoms with E-state index in [0.29, 0.717) is 37.9 Å². The minimum absolute atomic E-state index is 0.102. The molecular formula is C21H17ClN4O3S. The Morgan fingerprint density at radius 1 is 1.03 bits per heavy atom. The third-order valence-electron chi connectivity index (χ3n) is 4.34. The molecule has 0 fully saturated rings. The Kier molecular flexibility index (Phi) is 5.61. The van der Waals surface area contributed by atoms with Crippen LogP contribution < -0.4 is 9.75 Å². The van der Waals surface area contributed by atoms with Gasteiger partial charge in [-0.25, -0.2) is 9.69 Å². The van der Waals surface area contributed by atoms with Gasteiger partial charge in [0.1, 0.15) is 12.4 Å². The maximum absolute atomic E-state index is 12.7. The van der Waals surface area contributed by atoms with Crippen molar-refractivity contribution in [3.63, 3.8) is 0 Å². The molecule has 0 spiro atoms. The van der Waals surface area contributed by atoms with E-state index in [0.717, 1.165) is 0 Å². The molecule has 2 heterocycles. The molecule has 0 radical (unpaired) electrons. The summed E-state index contributed by atoms with van der Waals surface area (Å²) in [7, 11) is 0. The highest BCUT2D eigenvalue weighted by Crippen LogP contribution is 2.40. The van der Waals surface area contributed by atoms with Crippen molar-refractivity contribution in [2.24, 2.45) is 0 Å². The first-order valence-corrected chi connectivity index (χ1v) is 10.3. The quantitative estimate of drug-likeness (QED) is 0.595. The van der Waals surface area contributed by atoms with E-state index in [9.17, 15) is 9.59 Å². The molecular weight excluding hydrogens is 424 g/mol. The minimum atomic E-state index is -0.291. The van der Waals surface area contributed by atoms with E-state index in [1.807, 2.05) is 30.3 Å². The average Bonchev–Trinajstić information content (AvgIpc) is 3.14. The van der Waals surface area contributed by atoms with Crippen molar-refractivity contribution in [2.75, 3.05) is 5.01 Å². The Balaban J connectivity index is 1.79. The number of carbonyl (C=O) groups excluding carboxylic acids is 2. The molecule has 0 saturated heterocycles. The van der Waals surface area contributed by atoms with Crippen molar-refractivity contribution in [2.45, 2.75) is 25.6 Å². The molecule has 1 aliphatic rings. The molecule has 0 N–H and O–H groups in total. The molecule has 2 aromatic carbocycles. The summed E-state index contributed by atoms with van der Waals surface area (Å²) in [6.07, 6.45) is 0. The van der Waals surface area contributed by atoms with Crippen LogP contribution in [0.15, 0.2) is 64.7 Å². The Morgan fingerprint density at radius 3 is 2.37 bits per heavy atom. The number of nitrogens with zero attached hydrogens (tertiary/aromatic N) is 4. The fourth-order valence-electron chi connectivity index (χ4n) is 3.05. The molecule has 0 unspecified atom stereocenters. The number of allylic oxidation sites excluding steroid dienone is 1. The zero-order valence-corrected chi connectivity index (χ0v) is 17.8. The van der Waals surface area contributed by atoms with Crippen LogP contribution in [-0.4, -0.2) is 26.6 Å². The number of para-hydroxylation sites is 1. The molecule has 152 valence electrons. The fourth-order valence-corrected chi connectivity index (χ4v) is 4.16. The van der Waals surface area contributed by atoms with Crippen molar-refractivity contribution in [3.8, 4) is 5.75 Å². The molecule has 0 saturated carbocycles. The second-order valence-electron chi connectivity index (χ2n) is 6.49. The number of ketones is 1. The van der Waals surface area contributed by atoms with Gasteiger partial charge in [-0.3, -0.25) is 9.59 Å². The smallest absolute Gasteiger partial charge is 0.243 e. The first kappa shape index (κ1) is 20.2. The Labute approximate surface area is 182 Å². The van der Waals surface area contributed by atoms with Crippen LogP contribution in [0.5, 0.6) is 5.75 Å². The second-order valence-corrected chi connectivity index (χ2v) is 7.90. The lowest BCUT2D eigenvalue weighted by atomic mass is 10.1. The van der Waals surface area contributed by atoms with Gasteiger partial charge in [0.05, 0.1) is 10.6 Å². The monoisotopic (exact) mass is 440 g/mol. The van der Waals surface area contributed by atoms with Crippen molar-refractivity contribution in [1.29, 1.82) is 0 Å². The van der Waals surface area contributed by atoms with E-state index >= 15 is 0 Å². The predicted octanol–water partition coefficient (Wildman–Crippen LogP) is 4.06. The molecule has 1 aliphatic heterocycles. The Hall–Kier alpha value is -3.10. The van der Waals surface area contributed by atoms with Crippen LogP contribution in [-0.2, 0) is 16.2 Å². The van der Waals surface area contributed by atoms with Crippen LogP contribution >= 0.6 is 23.4 Å². The number of aromatic nitrogens is 3. The van der Waals surface area contributed by atoms with Gasteiger partial charge in [-0.2, -0.15) is 0 Å². The summed E-state index contributed by atoms with van der Waals surface area (Å²) >= 11 is 7.20. The Morgan fingerprint density at radius 2 is 1.73 bits per heavy atom. The van der Waals surface area contributed by atoms with Crippen molar-refractivity contribution >= 4 is 40.8 Å². The molecule has 3 aromatic rings. The first-order valence-electron chi connectivity index (χ1n) is 9.08. The lowest BCUT2D eigenvalue weighted by molar-refractivity contribution is -0.117. The molecule has 7 nitrogen and oxygen atoms in total. The summed E-state index contributed by atoms with van der Waals surface area (Å²) < 4.78 is 7.39. The van der Waals surface area contributed by atoms with Crippen LogP contribution in [0, 0.1) is 0 Å². The number of amides is 1. The maximum Gasteiger partial charge on any atom is 0.243 e. The number of rotatable bonds is 5. The third-order valence-corrected chi connectivity index (χ3v) is 5.72. The largest absolute Gasteiger partial charge is 0.486 e. The zero-order valence-electron chi connectivity index (χ0n) is 16.2. The number of halogens is 1. The molecule has 0 atom stereocenters. The summed E-state index contributed by atoms with van der Waals surface area (Å²) in [6.45, 7) is 2.99. The number of ether oxygens (including phenoxy) is 1. The lowest BCUT2D eigenvalue weighted by Crippen LogP contribution is -2.42. The summed E-state index contributed by atoms with van der Waals surface area (Å²) in [5.74, 6) is 0.643. The van der Waals surface area contributed by atoms with Gasteiger partial charge in [-0.05, 0) is 43.0 Å². The van der Waals surface area contributed by atoms with Crippen LogP contribution in [0.3, 0.4) is 0 Å². The van der Waals surface area contributed by atoms with E-state index in [1.54, 1.807) is 28.9 Å². The topological polar surface area (TPSA) is 77.3 Å². The van der Waals surface area contributed by atoms with Crippen LogP contribution in [0.2, 0.25) is 5.02 Å². The molecule has 1 amide bonds. The normalized spacial score (nSPS) is 13.2. The summed E-state index contributed by atoms with van der Waals surface area (Å²) in [6, 6.07) is 16.3. The Bertz CT molecular complexity index is 1140. The van der Waals surface area contributed by atoms with Crippen molar-refractivity contribution in [3.05, 3.63) is 75.9 Å². The highest BCUT2D eigenvalue weighted by Gasteiger charge is 2.35. The standard InChI is InChI=1S/C21H17ClN4O3S/c1-13(27)20-19(15-8-10-16(22)11-9-15)25(14(2)28)26-18(23-24-21(26)30-20)12-29-17-6-4-3-5-7-17/h3-11H,12H2,1-2H3. The van der Waals surface area contributed by atoms with Gasteiger partial charge < -0.3 is 4.74 Å². The van der Waals surface area contributed by atoms with Crippen LogP contribution in [0.4, 0.5) is 0 Å². The van der Waals surface area contributed by atoms with Gasteiger partial charge in [0.2, 0.25) is 11.1 Å².